The molecule has 8 heteroatoms. The molecule has 2 aromatic carbocycles. The van der Waals surface area contributed by atoms with Crippen LogP contribution >= 0.6 is 0 Å². The van der Waals surface area contributed by atoms with E-state index in [-0.39, 0.29) is 16.5 Å². The summed E-state index contributed by atoms with van der Waals surface area (Å²) in [4.78, 5) is 10.3. The van der Waals surface area contributed by atoms with Crippen molar-refractivity contribution in [1.29, 1.82) is 0 Å². The van der Waals surface area contributed by atoms with Crippen molar-refractivity contribution in [3.63, 3.8) is 0 Å². The van der Waals surface area contributed by atoms with Crippen molar-refractivity contribution in [3.05, 3.63) is 64.2 Å². The Bertz CT molecular complexity index is 881. The van der Waals surface area contributed by atoms with E-state index in [0.29, 0.717) is 18.8 Å². The van der Waals surface area contributed by atoms with Gasteiger partial charge in [-0.1, -0.05) is 18.2 Å². The third-order valence-corrected chi connectivity index (χ3v) is 6.20. The zero-order valence-corrected chi connectivity index (χ0v) is 14.4. The summed E-state index contributed by atoms with van der Waals surface area (Å²) in [7, 11) is -3.80. The molecule has 0 spiro atoms. The summed E-state index contributed by atoms with van der Waals surface area (Å²) in [6, 6.07) is 12.4. The van der Waals surface area contributed by atoms with Crippen LogP contribution in [0.4, 0.5) is 11.4 Å². The third-order valence-electron chi connectivity index (χ3n) is 4.40. The van der Waals surface area contributed by atoms with Crippen molar-refractivity contribution < 1.29 is 13.3 Å². The molecular weight excluding hydrogens is 342 g/mol. The third kappa shape index (κ3) is 3.35. The molecule has 0 amide bonds. The van der Waals surface area contributed by atoms with Crippen LogP contribution in [0.1, 0.15) is 12.0 Å². The second-order valence-electron chi connectivity index (χ2n) is 6.06. The number of rotatable bonds is 5. The van der Waals surface area contributed by atoms with Crippen molar-refractivity contribution in [2.75, 3.05) is 17.4 Å². The molecule has 0 radical (unpaired) electrons. The van der Waals surface area contributed by atoms with E-state index in [9.17, 15) is 18.5 Å². The summed E-state index contributed by atoms with van der Waals surface area (Å²) in [5, 5.41) is 10.8. The Kier molecular flexibility index (Phi) is 4.73. The maximum Gasteiger partial charge on any atom is 0.269 e. The predicted molar refractivity (Wildman–Crippen MR) is 94.9 cm³/mol. The number of hydrogen-bond acceptors (Lipinski definition) is 5. The Morgan fingerprint density at radius 1 is 1.16 bits per heavy atom. The van der Waals surface area contributed by atoms with E-state index in [0.717, 1.165) is 18.4 Å². The molecule has 1 heterocycles. The molecule has 3 rings (SSSR count). The van der Waals surface area contributed by atoms with Gasteiger partial charge in [0.15, 0.2) is 0 Å². The fraction of sp³-hybridized carbons (Fsp3) is 0.294. The quantitative estimate of drug-likeness (QED) is 0.650. The molecule has 25 heavy (non-hydrogen) atoms. The number of nitrogens with two attached hydrogens (primary N) is 1. The van der Waals surface area contributed by atoms with E-state index in [1.165, 1.54) is 28.6 Å². The SMILES string of the molecule is NCCC1Cc2ccccc2N(S(=O)(=O)c2ccc([N+](=O)[O-])cc2)C1. The van der Waals surface area contributed by atoms with Gasteiger partial charge in [0.25, 0.3) is 15.7 Å². The lowest BCUT2D eigenvalue weighted by Gasteiger charge is -2.35. The van der Waals surface area contributed by atoms with Crippen molar-refractivity contribution in [3.8, 4) is 0 Å². The minimum absolute atomic E-state index is 0.0429. The molecule has 0 aliphatic carbocycles. The fourth-order valence-corrected chi connectivity index (χ4v) is 4.74. The summed E-state index contributed by atoms with van der Waals surface area (Å²) < 4.78 is 27.6. The minimum atomic E-state index is -3.80. The summed E-state index contributed by atoms with van der Waals surface area (Å²) in [5.74, 6) is 0.146. The topological polar surface area (TPSA) is 107 Å². The maximum absolute atomic E-state index is 13.1. The van der Waals surface area contributed by atoms with Gasteiger partial charge in [-0.2, -0.15) is 0 Å². The normalized spacial score (nSPS) is 17.2. The van der Waals surface area contributed by atoms with Crippen LogP contribution in [0.5, 0.6) is 0 Å². The zero-order valence-electron chi connectivity index (χ0n) is 13.5. The van der Waals surface area contributed by atoms with Gasteiger partial charge in [-0.3, -0.25) is 14.4 Å². The number of nitro groups is 1. The van der Waals surface area contributed by atoms with E-state index >= 15 is 0 Å². The summed E-state index contributed by atoms with van der Waals surface area (Å²) in [5.41, 5.74) is 7.15. The first-order valence-corrected chi connectivity index (χ1v) is 9.42. The Morgan fingerprint density at radius 2 is 1.84 bits per heavy atom. The van der Waals surface area contributed by atoms with Gasteiger partial charge in [0.1, 0.15) is 0 Å². The molecule has 0 saturated carbocycles. The summed E-state index contributed by atoms with van der Waals surface area (Å²) in [6.07, 6.45) is 1.53. The van der Waals surface area contributed by atoms with E-state index in [1.54, 1.807) is 12.1 Å². The number of nitrogens with zero attached hydrogens (tertiary/aromatic N) is 2. The Morgan fingerprint density at radius 3 is 2.48 bits per heavy atom. The zero-order chi connectivity index (χ0) is 18.0. The molecule has 0 saturated heterocycles. The van der Waals surface area contributed by atoms with Crippen LogP contribution in [0, 0.1) is 16.0 Å². The Balaban J connectivity index is 2.01. The monoisotopic (exact) mass is 361 g/mol. The smallest absolute Gasteiger partial charge is 0.269 e. The van der Waals surface area contributed by atoms with Crippen molar-refractivity contribution in [2.45, 2.75) is 17.7 Å². The molecule has 132 valence electrons. The lowest BCUT2D eigenvalue weighted by atomic mass is 9.91. The maximum atomic E-state index is 13.1. The lowest BCUT2D eigenvalue weighted by Crippen LogP contribution is -2.40. The van der Waals surface area contributed by atoms with Crippen molar-refractivity contribution in [2.24, 2.45) is 11.7 Å². The molecule has 0 aromatic heterocycles. The number of para-hydroxylation sites is 1. The molecule has 1 unspecified atom stereocenters. The predicted octanol–water partition coefficient (Wildman–Crippen LogP) is 2.31. The average molecular weight is 361 g/mol. The van der Waals surface area contributed by atoms with Crippen molar-refractivity contribution >= 4 is 21.4 Å². The largest absolute Gasteiger partial charge is 0.330 e. The highest BCUT2D eigenvalue weighted by Gasteiger charge is 2.33. The highest BCUT2D eigenvalue weighted by molar-refractivity contribution is 7.92. The number of fused-ring (bicyclic) bond motifs is 1. The van der Waals surface area contributed by atoms with Crippen LogP contribution in [-0.2, 0) is 16.4 Å². The summed E-state index contributed by atoms with van der Waals surface area (Å²) >= 11 is 0. The first-order valence-electron chi connectivity index (χ1n) is 7.98. The molecule has 1 atom stereocenters. The summed E-state index contributed by atoms with van der Waals surface area (Å²) in [6.45, 7) is 0.853. The minimum Gasteiger partial charge on any atom is -0.330 e. The van der Waals surface area contributed by atoms with Gasteiger partial charge in [0, 0.05) is 18.7 Å². The van der Waals surface area contributed by atoms with Gasteiger partial charge in [-0.15, -0.1) is 0 Å². The number of nitro benzene ring substituents is 1. The first kappa shape index (κ1) is 17.4. The molecule has 1 aliphatic heterocycles. The first-order chi connectivity index (χ1) is 11.9. The molecule has 0 bridgehead atoms. The van der Waals surface area contributed by atoms with Gasteiger partial charge in [-0.25, -0.2) is 8.42 Å². The number of hydrogen-bond donors (Lipinski definition) is 1. The average Bonchev–Trinajstić information content (AvgIpc) is 2.61. The Labute approximate surface area is 146 Å². The molecular formula is C17H19N3O4S. The second-order valence-corrected chi connectivity index (χ2v) is 7.93. The number of sulfonamides is 1. The molecule has 1 aliphatic rings. The van der Waals surface area contributed by atoms with E-state index in [2.05, 4.69) is 0 Å². The van der Waals surface area contributed by atoms with E-state index in [4.69, 9.17) is 5.73 Å². The number of benzene rings is 2. The van der Waals surface area contributed by atoms with Gasteiger partial charge < -0.3 is 5.73 Å². The standard InChI is InChI=1S/C17H19N3O4S/c18-10-9-13-11-14-3-1-2-4-17(14)19(12-13)25(23,24)16-7-5-15(6-8-16)20(21)22/h1-8,13H,9-12,18H2. The van der Waals surface area contributed by atoms with Gasteiger partial charge in [0.2, 0.25) is 0 Å². The van der Waals surface area contributed by atoms with Crippen LogP contribution in [-0.4, -0.2) is 26.4 Å². The van der Waals surface area contributed by atoms with Crippen LogP contribution < -0.4 is 10.0 Å². The van der Waals surface area contributed by atoms with Gasteiger partial charge in [0.05, 0.1) is 15.5 Å². The highest BCUT2D eigenvalue weighted by atomic mass is 32.2. The van der Waals surface area contributed by atoms with Crippen LogP contribution in [0.2, 0.25) is 0 Å². The van der Waals surface area contributed by atoms with E-state index in [1.807, 2.05) is 12.1 Å². The molecule has 2 N–H and O–H groups in total. The van der Waals surface area contributed by atoms with Crippen LogP contribution in [0.3, 0.4) is 0 Å². The lowest BCUT2D eigenvalue weighted by molar-refractivity contribution is -0.384. The molecule has 2 aromatic rings. The molecule has 7 nitrogen and oxygen atoms in total. The molecule has 0 fully saturated rings. The van der Waals surface area contributed by atoms with Crippen molar-refractivity contribution in [1.82, 2.24) is 0 Å². The fourth-order valence-electron chi connectivity index (χ4n) is 3.16. The van der Waals surface area contributed by atoms with E-state index < -0.39 is 14.9 Å². The van der Waals surface area contributed by atoms with Gasteiger partial charge in [-0.05, 0) is 49.1 Å². The second kappa shape index (κ2) is 6.81. The number of anilines is 1. The van der Waals surface area contributed by atoms with Crippen LogP contribution in [0.15, 0.2) is 53.4 Å². The van der Waals surface area contributed by atoms with Crippen LogP contribution in [0.25, 0.3) is 0 Å². The number of non-ortho nitro benzene ring substituents is 1. The van der Waals surface area contributed by atoms with Gasteiger partial charge >= 0.3 is 0 Å². The Hall–Kier alpha value is -2.45. The highest BCUT2D eigenvalue weighted by Crippen LogP contribution is 2.35.